The first-order valence-corrected chi connectivity index (χ1v) is 7.15. The van der Waals surface area contributed by atoms with Crippen LogP contribution in [0.1, 0.15) is 18.6 Å². The summed E-state index contributed by atoms with van der Waals surface area (Å²) in [4.78, 5) is 10.5. The molecule has 1 atom stereocenters. The lowest BCUT2D eigenvalue weighted by Crippen LogP contribution is -1.95. The predicted molar refractivity (Wildman–Crippen MR) is 83.0 cm³/mol. The van der Waals surface area contributed by atoms with Crippen molar-refractivity contribution >= 4 is 33.2 Å². The summed E-state index contributed by atoms with van der Waals surface area (Å²) in [5.74, 6) is 0.471. The molecule has 2 aromatic rings. The Morgan fingerprint density at radius 3 is 2.62 bits per heavy atom. The van der Waals surface area contributed by atoms with Crippen molar-refractivity contribution in [2.45, 2.75) is 13.0 Å². The lowest BCUT2D eigenvalue weighted by atomic mass is 10.1. The average Bonchev–Trinajstić information content (AvgIpc) is 2.40. The van der Waals surface area contributed by atoms with Gasteiger partial charge in [-0.1, -0.05) is 33.6 Å². The second-order valence-electron chi connectivity index (χ2n) is 4.33. The van der Waals surface area contributed by atoms with Gasteiger partial charge < -0.3 is 9.84 Å². The molecule has 0 heterocycles. The van der Waals surface area contributed by atoms with E-state index in [0.717, 1.165) is 0 Å². The van der Waals surface area contributed by atoms with E-state index in [-0.39, 0.29) is 11.4 Å². The maximum absolute atomic E-state index is 11.0. The van der Waals surface area contributed by atoms with E-state index >= 15 is 0 Å². The van der Waals surface area contributed by atoms with Crippen LogP contribution in [0.15, 0.2) is 40.9 Å². The van der Waals surface area contributed by atoms with Gasteiger partial charge >= 0.3 is 5.69 Å². The van der Waals surface area contributed by atoms with Crippen LogP contribution in [0, 0.1) is 10.1 Å². The molecular weight excluding hydrogens is 362 g/mol. The van der Waals surface area contributed by atoms with Gasteiger partial charge in [0, 0.05) is 10.5 Å². The Morgan fingerprint density at radius 1 is 1.33 bits per heavy atom. The van der Waals surface area contributed by atoms with Crippen LogP contribution in [-0.2, 0) is 0 Å². The fraction of sp³-hybridized carbons (Fsp3) is 0.143. The maximum Gasteiger partial charge on any atom is 0.312 e. The standard InChI is InChI=1S/C14H11BrClNO4/c1-8(18)11-4-3-10(7-12(11)16)21-14-5-2-9(15)6-13(14)17(19)20/h2-8,18H,1H3. The highest BCUT2D eigenvalue weighted by atomic mass is 79.9. The molecule has 0 radical (unpaired) electrons. The Kier molecular flexibility index (Phi) is 4.82. The quantitative estimate of drug-likeness (QED) is 0.614. The number of hydrogen-bond acceptors (Lipinski definition) is 4. The van der Waals surface area contributed by atoms with Crippen LogP contribution in [0.25, 0.3) is 0 Å². The molecule has 0 saturated heterocycles. The molecule has 110 valence electrons. The first-order chi connectivity index (χ1) is 9.88. The van der Waals surface area contributed by atoms with Crippen LogP contribution in [0.5, 0.6) is 11.5 Å². The van der Waals surface area contributed by atoms with Crippen molar-refractivity contribution in [2.24, 2.45) is 0 Å². The maximum atomic E-state index is 11.0. The van der Waals surface area contributed by atoms with E-state index in [4.69, 9.17) is 16.3 Å². The van der Waals surface area contributed by atoms with Crippen LogP contribution >= 0.6 is 27.5 Å². The van der Waals surface area contributed by atoms with Crippen molar-refractivity contribution in [2.75, 3.05) is 0 Å². The van der Waals surface area contributed by atoms with Gasteiger partial charge in [0.15, 0.2) is 0 Å². The number of aliphatic hydroxyl groups excluding tert-OH is 1. The summed E-state index contributed by atoms with van der Waals surface area (Å²) >= 11 is 9.22. The topological polar surface area (TPSA) is 72.6 Å². The highest BCUT2D eigenvalue weighted by Gasteiger charge is 2.17. The number of nitro groups is 1. The van der Waals surface area contributed by atoms with Crippen molar-refractivity contribution in [1.29, 1.82) is 0 Å². The zero-order valence-corrected chi connectivity index (χ0v) is 13.3. The summed E-state index contributed by atoms with van der Waals surface area (Å²) < 4.78 is 6.10. The number of benzene rings is 2. The lowest BCUT2D eigenvalue weighted by Gasteiger charge is -2.10. The summed E-state index contributed by atoms with van der Waals surface area (Å²) in [6.45, 7) is 1.60. The second-order valence-corrected chi connectivity index (χ2v) is 5.65. The Labute approximate surface area is 134 Å². The SMILES string of the molecule is CC(O)c1ccc(Oc2ccc(Br)cc2[N+](=O)[O-])cc1Cl. The molecule has 0 aromatic heterocycles. The Morgan fingerprint density at radius 2 is 2.05 bits per heavy atom. The van der Waals surface area contributed by atoms with Crippen molar-refractivity contribution in [1.82, 2.24) is 0 Å². The van der Waals surface area contributed by atoms with E-state index in [9.17, 15) is 15.2 Å². The molecule has 0 saturated carbocycles. The number of aliphatic hydroxyl groups is 1. The number of hydrogen-bond donors (Lipinski definition) is 1. The van der Waals surface area contributed by atoms with Gasteiger partial charge in [0.1, 0.15) is 5.75 Å². The average molecular weight is 373 g/mol. The van der Waals surface area contributed by atoms with Gasteiger partial charge in [-0.15, -0.1) is 0 Å². The fourth-order valence-electron chi connectivity index (χ4n) is 1.76. The molecule has 2 rings (SSSR count). The number of halogens is 2. The van der Waals surface area contributed by atoms with E-state index in [0.29, 0.717) is 20.8 Å². The minimum Gasteiger partial charge on any atom is -0.450 e. The van der Waals surface area contributed by atoms with E-state index in [1.165, 1.54) is 18.2 Å². The van der Waals surface area contributed by atoms with Crippen molar-refractivity contribution in [3.8, 4) is 11.5 Å². The van der Waals surface area contributed by atoms with Crippen molar-refractivity contribution in [3.63, 3.8) is 0 Å². The largest absolute Gasteiger partial charge is 0.450 e. The Hall–Kier alpha value is -1.63. The molecule has 0 spiro atoms. The molecule has 0 aliphatic heterocycles. The summed E-state index contributed by atoms with van der Waals surface area (Å²) in [6, 6.07) is 9.23. The summed E-state index contributed by atoms with van der Waals surface area (Å²) in [5, 5.41) is 20.9. The zero-order chi connectivity index (χ0) is 15.6. The smallest absolute Gasteiger partial charge is 0.312 e. The minimum absolute atomic E-state index is 0.115. The molecule has 0 aliphatic rings. The lowest BCUT2D eigenvalue weighted by molar-refractivity contribution is -0.385. The summed E-state index contributed by atoms with van der Waals surface area (Å²) in [7, 11) is 0. The molecule has 21 heavy (non-hydrogen) atoms. The minimum atomic E-state index is -0.700. The first-order valence-electron chi connectivity index (χ1n) is 5.98. The van der Waals surface area contributed by atoms with Gasteiger partial charge in [-0.3, -0.25) is 10.1 Å². The van der Waals surface area contributed by atoms with Gasteiger partial charge in [0.25, 0.3) is 0 Å². The van der Waals surface area contributed by atoms with Crippen LogP contribution < -0.4 is 4.74 Å². The molecule has 5 nitrogen and oxygen atoms in total. The van der Waals surface area contributed by atoms with Gasteiger partial charge in [0.2, 0.25) is 5.75 Å². The Bertz CT molecular complexity index is 691. The number of nitrogens with zero attached hydrogens (tertiary/aromatic N) is 1. The van der Waals surface area contributed by atoms with Crippen molar-refractivity contribution in [3.05, 3.63) is 61.6 Å². The molecule has 0 fully saturated rings. The molecule has 1 unspecified atom stereocenters. The molecule has 0 bridgehead atoms. The first kappa shape index (κ1) is 15.8. The van der Waals surface area contributed by atoms with E-state index < -0.39 is 11.0 Å². The summed E-state index contributed by atoms with van der Waals surface area (Å²) in [5.41, 5.74) is 0.412. The van der Waals surface area contributed by atoms with E-state index in [1.54, 1.807) is 25.1 Å². The highest BCUT2D eigenvalue weighted by Crippen LogP contribution is 2.35. The van der Waals surface area contributed by atoms with E-state index in [1.807, 2.05) is 0 Å². The molecule has 0 amide bonds. The molecule has 2 aromatic carbocycles. The van der Waals surface area contributed by atoms with Gasteiger partial charge in [0.05, 0.1) is 16.0 Å². The third kappa shape index (κ3) is 3.72. The normalized spacial score (nSPS) is 12.0. The van der Waals surface area contributed by atoms with Crippen molar-refractivity contribution < 1.29 is 14.8 Å². The van der Waals surface area contributed by atoms with Crippen LogP contribution in [0.3, 0.4) is 0 Å². The molecule has 0 aliphatic carbocycles. The highest BCUT2D eigenvalue weighted by molar-refractivity contribution is 9.10. The van der Waals surface area contributed by atoms with E-state index in [2.05, 4.69) is 15.9 Å². The predicted octanol–water partition coefficient (Wildman–Crippen LogP) is 4.86. The van der Waals surface area contributed by atoms with Crippen LogP contribution in [0.2, 0.25) is 5.02 Å². The monoisotopic (exact) mass is 371 g/mol. The van der Waals surface area contributed by atoms with Gasteiger partial charge in [-0.2, -0.15) is 0 Å². The second kappa shape index (κ2) is 6.43. The summed E-state index contributed by atoms with van der Waals surface area (Å²) in [6.07, 6.45) is -0.700. The molecule has 1 N–H and O–H groups in total. The molecule has 7 heteroatoms. The zero-order valence-electron chi connectivity index (χ0n) is 10.9. The van der Waals surface area contributed by atoms with Gasteiger partial charge in [-0.05, 0) is 36.8 Å². The number of ether oxygens (including phenoxy) is 1. The number of nitro benzene ring substituents is 1. The number of rotatable bonds is 4. The molecular formula is C14H11BrClNO4. The van der Waals surface area contributed by atoms with Crippen LogP contribution in [-0.4, -0.2) is 10.0 Å². The fourth-order valence-corrected chi connectivity index (χ4v) is 2.43. The Balaban J connectivity index is 2.35. The van der Waals surface area contributed by atoms with Crippen LogP contribution in [0.4, 0.5) is 5.69 Å². The third-order valence-electron chi connectivity index (χ3n) is 2.77. The third-order valence-corrected chi connectivity index (χ3v) is 3.59. The van der Waals surface area contributed by atoms with Gasteiger partial charge in [-0.25, -0.2) is 0 Å².